The van der Waals surface area contributed by atoms with Crippen molar-refractivity contribution in [2.24, 2.45) is 0 Å². The number of nitriles is 1. The monoisotopic (exact) mass is 369 g/mol. The zero-order chi connectivity index (χ0) is 19.3. The zero-order valence-corrected chi connectivity index (χ0v) is 13.2. The number of carbonyl (C=O) groups excluding carboxylic acids is 1. The Morgan fingerprint density at radius 3 is 2.65 bits per heavy atom. The van der Waals surface area contributed by atoms with Crippen LogP contribution in [0.4, 0.5) is 17.6 Å². The van der Waals surface area contributed by atoms with Gasteiger partial charge in [-0.15, -0.1) is 0 Å². The van der Waals surface area contributed by atoms with E-state index in [1.54, 1.807) is 0 Å². The summed E-state index contributed by atoms with van der Waals surface area (Å²) in [7, 11) is 1.24. The maximum atomic E-state index is 13.9. The van der Waals surface area contributed by atoms with Gasteiger partial charge in [0.05, 0.1) is 23.8 Å². The first-order chi connectivity index (χ1) is 12.4. The quantitative estimate of drug-likeness (QED) is 0.792. The lowest BCUT2D eigenvalue weighted by molar-refractivity contribution is -0.0553. The molecular formula is C16H11F4N3O3. The number of benzene rings is 1. The van der Waals surface area contributed by atoms with E-state index in [1.165, 1.54) is 13.2 Å². The minimum atomic E-state index is -3.26. The van der Waals surface area contributed by atoms with Crippen LogP contribution in [0.1, 0.15) is 21.5 Å². The Labute approximate surface area is 145 Å². The minimum absolute atomic E-state index is 0.0437. The van der Waals surface area contributed by atoms with Crippen LogP contribution in [0.15, 0.2) is 24.4 Å². The molecule has 6 nitrogen and oxygen atoms in total. The number of pyridine rings is 1. The summed E-state index contributed by atoms with van der Waals surface area (Å²) in [6.45, 7) is -3.63. The first kappa shape index (κ1) is 19.0. The number of rotatable bonds is 6. The van der Waals surface area contributed by atoms with Gasteiger partial charge in [0.15, 0.2) is 5.82 Å². The average Bonchev–Trinajstić information content (AvgIpc) is 2.61. The molecular weight excluding hydrogens is 358 g/mol. The molecule has 0 saturated carbocycles. The molecule has 26 heavy (non-hydrogen) atoms. The second-order valence-electron chi connectivity index (χ2n) is 4.79. The molecule has 0 unspecified atom stereocenters. The summed E-state index contributed by atoms with van der Waals surface area (Å²) in [4.78, 5) is 15.3. The molecule has 0 radical (unpaired) electrons. The molecule has 1 N–H and O–H groups in total. The molecule has 1 aromatic heterocycles. The van der Waals surface area contributed by atoms with Crippen LogP contribution in [-0.4, -0.2) is 24.6 Å². The van der Waals surface area contributed by atoms with Crippen molar-refractivity contribution in [2.75, 3.05) is 7.11 Å². The van der Waals surface area contributed by atoms with Gasteiger partial charge < -0.3 is 14.8 Å². The summed E-state index contributed by atoms with van der Waals surface area (Å²) >= 11 is 0. The van der Waals surface area contributed by atoms with Crippen LogP contribution >= 0.6 is 0 Å². The molecule has 0 bridgehead atoms. The molecule has 0 aliphatic heterocycles. The first-order valence-electron chi connectivity index (χ1n) is 7.01. The highest BCUT2D eigenvalue weighted by Gasteiger charge is 2.18. The van der Waals surface area contributed by atoms with Gasteiger partial charge >= 0.3 is 6.61 Å². The van der Waals surface area contributed by atoms with E-state index in [1.807, 2.05) is 6.07 Å². The molecule has 1 aromatic carbocycles. The van der Waals surface area contributed by atoms with Crippen LogP contribution in [0, 0.1) is 23.0 Å². The van der Waals surface area contributed by atoms with Crippen LogP contribution in [-0.2, 0) is 6.54 Å². The van der Waals surface area contributed by atoms with E-state index in [0.717, 1.165) is 12.3 Å². The topological polar surface area (TPSA) is 84.2 Å². The average molecular weight is 369 g/mol. The fourth-order valence-corrected chi connectivity index (χ4v) is 2.08. The zero-order valence-electron chi connectivity index (χ0n) is 13.2. The number of ether oxygens (including phenoxy) is 2. The van der Waals surface area contributed by atoms with Gasteiger partial charge in [-0.1, -0.05) is 0 Å². The number of nitrogens with one attached hydrogen (secondary N) is 1. The van der Waals surface area contributed by atoms with Crippen LogP contribution in [0.2, 0.25) is 0 Å². The number of hydrogen-bond donors (Lipinski definition) is 1. The fourth-order valence-electron chi connectivity index (χ4n) is 2.08. The van der Waals surface area contributed by atoms with E-state index in [0.29, 0.717) is 6.07 Å². The lowest BCUT2D eigenvalue weighted by Crippen LogP contribution is -2.24. The third kappa shape index (κ3) is 4.18. The number of halogens is 4. The highest BCUT2D eigenvalue weighted by molar-refractivity contribution is 5.93. The second kappa shape index (κ2) is 8.15. The van der Waals surface area contributed by atoms with Gasteiger partial charge in [0, 0.05) is 12.7 Å². The lowest BCUT2D eigenvalue weighted by atomic mass is 10.1. The number of nitrogens with zero attached hydrogens (tertiary/aromatic N) is 2. The standard InChI is InChI=1S/C16H11F4N3O3/c1-25-13-8(5-21)2-3-11(17)10(13)7-22-14(24)9-4-12(18)15(23-6-9)26-16(19)20/h2-4,6,16H,7H2,1H3,(H,22,24). The number of aromatic nitrogens is 1. The number of carbonyl (C=O) groups is 1. The number of amides is 1. The molecule has 1 amide bonds. The SMILES string of the molecule is COc1c(C#N)ccc(F)c1CNC(=O)c1cnc(OC(F)F)c(F)c1. The maximum absolute atomic E-state index is 13.9. The molecule has 2 aromatic rings. The third-order valence-corrected chi connectivity index (χ3v) is 3.22. The molecule has 10 heteroatoms. The van der Waals surface area contributed by atoms with Gasteiger partial charge in [-0.05, 0) is 18.2 Å². The van der Waals surface area contributed by atoms with Crippen molar-refractivity contribution in [3.63, 3.8) is 0 Å². The molecule has 2 rings (SSSR count). The molecule has 0 atom stereocenters. The van der Waals surface area contributed by atoms with E-state index in [4.69, 9.17) is 10.00 Å². The van der Waals surface area contributed by atoms with E-state index in [-0.39, 0.29) is 29.0 Å². The number of methoxy groups -OCH3 is 1. The fraction of sp³-hybridized carbons (Fsp3) is 0.188. The number of hydrogen-bond acceptors (Lipinski definition) is 5. The van der Waals surface area contributed by atoms with Crippen molar-refractivity contribution < 1.29 is 31.8 Å². The van der Waals surface area contributed by atoms with Crippen molar-refractivity contribution >= 4 is 5.91 Å². The lowest BCUT2D eigenvalue weighted by Gasteiger charge is -2.12. The maximum Gasteiger partial charge on any atom is 0.388 e. The van der Waals surface area contributed by atoms with Crippen LogP contribution < -0.4 is 14.8 Å². The predicted molar refractivity (Wildman–Crippen MR) is 79.7 cm³/mol. The summed E-state index contributed by atoms with van der Waals surface area (Å²) in [6.07, 6.45) is 0.829. The minimum Gasteiger partial charge on any atom is -0.495 e. The van der Waals surface area contributed by atoms with Crippen molar-refractivity contribution in [3.05, 3.63) is 52.7 Å². The van der Waals surface area contributed by atoms with Crippen molar-refractivity contribution in [1.29, 1.82) is 5.26 Å². The van der Waals surface area contributed by atoms with Gasteiger partial charge in [0.25, 0.3) is 11.8 Å². The Hall–Kier alpha value is -3.35. The van der Waals surface area contributed by atoms with E-state index < -0.39 is 30.0 Å². The van der Waals surface area contributed by atoms with Crippen molar-refractivity contribution in [3.8, 4) is 17.7 Å². The summed E-state index contributed by atoms with van der Waals surface area (Å²) < 4.78 is 60.5. The smallest absolute Gasteiger partial charge is 0.388 e. The number of alkyl halides is 2. The predicted octanol–water partition coefficient (Wildman–Crippen LogP) is 2.77. The molecule has 136 valence electrons. The molecule has 0 aliphatic rings. The van der Waals surface area contributed by atoms with Crippen LogP contribution in [0.25, 0.3) is 0 Å². The van der Waals surface area contributed by atoms with Gasteiger partial charge in [0.1, 0.15) is 17.6 Å². The molecule has 0 aliphatic carbocycles. The van der Waals surface area contributed by atoms with E-state index >= 15 is 0 Å². The summed E-state index contributed by atoms with van der Waals surface area (Å²) in [5, 5.41) is 11.3. The Balaban J connectivity index is 2.17. The summed E-state index contributed by atoms with van der Waals surface area (Å²) in [5.74, 6) is -3.81. The highest BCUT2D eigenvalue weighted by Crippen LogP contribution is 2.26. The van der Waals surface area contributed by atoms with Crippen LogP contribution in [0.5, 0.6) is 11.6 Å². The van der Waals surface area contributed by atoms with E-state index in [9.17, 15) is 22.4 Å². The normalized spacial score (nSPS) is 10.3. The highest BCUT2D eigenvalue weighted by atomic mass is 19.3. The summed E-state index contributed by atoms with van der Waals surface area (Å²) in [6, 6.07) is 4.74. The molecule has 0 saturated heterocycles. The molecule has 0 fully saturated rings. The molecule has 1 heterocycles. The Bertz CT molecular complexity index is 869. The molecule has 0 spiro atoms. The van der Waals surface area contributed by atoms with Crippen molar-refractivity contribution in [1.82, 2.24) is 10.3 Å². The van der Waals surface area contributed by atoms with Gasteiger partial charge in [0.2, 0.25) is 0 Å². The van der Waals surface area contributed by atoms with Crippen molar-refractivity contribution in [2.45, 2.75) is 13.2 Å². The Morgan fingerprint density at radius 2 is 2.08 bits per heavy atom. The van der Waals surface area contributed by atoms with Crippen LogP contribution in [0.3, 0.4) is 0 Å². The largest absolute Gasteiger partial charge is 0.495 e. The second-order valence-corrected chi connectivity index (χ2v) is 4.79. The summed E-state index contributed by atoms with van der Waals surface area (Å²) in [5.41, 5.74) is -0.301. The Morgan fingerprint density at radius 1 is 1.35 bits per heavy atom. The first-order valence-corrected chi connectivity index (χ1v) is 7.01. The third-order valence-electron chi connectivity index (χ3n) is 3.22. The van der Waals surface area contributed by atoms with Gasteiger partial charge in [-0.2, -0.15) is 14.0 Å². The van der Waals surface area contributed by atoms with E-state index in [2.05, 4.69) is 15.0 Å². The van der Waals surface area contributed by atoms with Gasteiger partial charge in [-0.25, -0.2) is 13.8 Å². The Kier molecular flexibility index (Phi) is 5.95. The van der Waals surface area contributed by atoms with Gasteiger partial charge in [-0.3, -0.25) is 4.79 Å².